The van der Waals surface area contributed by atoms with Crippen molar-refractivity contribution >= 4 is 17.7 Å². The highest BCUT2D eigenvalue weighted by molar-refractivity contribution is 5.90. The number of rotatable bonds is 5. The van der Waals surface area contributed by atoms with Crippen LogP contribution in [0.15, 0.2) is 24.3 Å². The number of hydrogen-bond acceptors (Lipinski definition) is 3. The molecule has 3 amide bonds. The van der Waals surface area contributed by atoms with Crippen molar-refractivity contribution in [2.75, 3.05) is 6.54 Å². The van der Waals surface area contributed by atoms with Crippen LogP contribution in [-0.2, 0) is 20.9 Å². The summed E-state index contributed by atoms with van der Waals surface area (Å²) in [6, 6.07) is 8.08. The summed E-state index contributed by atoms with van der Waals surface area (Å²) in [6.07, 6.45) is 8.29. The van der Waals surface area contributed by atoms with Crippen molar-refractivity contribution in [1.82, 2.24) is 15.8 Å². The monoisotopic (exact) mass is 423 g/mol. The van der Waals surface area contributed by atoms with Gasteiger partial charge in [-0.15, -0.1) is 0 Å². The van der Waals surface area contributed by atoms with Crippen molar-refractivity contribution in [3.63, 3.8) is 0 Å². The number of aryl methyl sites for hydroxylation is 1. The number of carbonyl (C=O) groups is 3. The molecule has 6 heteroatoms. The third-order valence-corrected chi connectivity index (χ3v) is 8.11. The van der Waals surface area contributed by atoms with E-state index in [0.29, 0.717) is 19.5 Å². The fraction of sp³-hybridized carbons (Fsp3) is 0.640. The van der Waals surface area contributed by atoms with E-state index in [0.717, 1.165) is 23.3 Å². The van der Waals surface area contributed by atoms with Gasteiger partial charge in [-0.1, -0.05) is 29.8 Å². The van der Waals surface area contributed by atoms with Gasteiger partial charge in [-0.2, -0.15) is 0 Å². The van der Waals surface area contributed by atoms with Gasteiger partial charge in [-0.3, -0.25) is 25.2 Å². The first-order chi connectivity index (χ1) is 14.9. The summed E-state index contributed by atoms with van der Waals surface area (Å²) in [5.41, 5.74) is 7.64. The van der Waals surface area contributed by atoms with Crippen LogP contribution in [0.4, 0.5) is 0 Å². The van der Waals surface area contributed by atoms with Gasteiger partial charge >= 0.3 is 0 Å². The second-order valence-electron chi connectivity index (χ2n) is 10.8. The van der Waals surface area contributed by atoms with Gasteiger partial charge in [0.05, 0.1) is 5.92 Å². The molecule has 4 aliphatic carbocycles. The van der Waals surface area contributed by atoms with E-state index in [1.54, 1.807) is 4.90 Å². The SMILES string of the molecule is Cc1ccc(CN2CC(C(=O)NNC(=O)CC34CC5CC(CC(C5)C3)C4)CC2=O)cc1. The molecule has 1 aliphatic heterocycles. The second kappa shape index (κ2) is 7.95. The Balaban J connectivity index is 1.10. The smallest absolute Gasteiger partial charge is 0.243 e. The highest BCUT2D eigenvalue weighted by Gasteiger charge is 2.51. The van der Waals surface area contributed by atoms with Gasteiger partial charge < -0.3 is 4.90 Å². The lowest BCUT2D eigenvalue weighted by Crippen LogP contribution is -2.50. The molecule has 1 unspecified atom stereocenters. The van der Waals surface area contributed by atoms with Crippen LogP contribution < -0.4 is 10.9 Å². The fourth-order valence-electron chi connectivity index (χ4n) is 7.14. The fourth-order valence-corrected chi connectivity index (χ4v) is 7.14. The average molecular weight is 424 g/mol. The Labute approximate surface area is 184 Å². The Bertz CT molecular complexity index is 843. The van der Waals surface area contributed by atoms with E-state index in [4.69, 9.17) is 0 Å². The predicted octanol–water partition coefficient (Wildman–Crippen LogP) is 3.10. The van der Waals surface area contributed by atoms with Gasteiger partial charge in [0.25, 0.3) is 0 Å². The Morgan fingerprint density at radius 2 is 1.61 bits per heavy atom. The van der Waals surface area contributed by atoms with Crippen LogP contribution in [0.1, 0.15) is 62.5 Å². The third kappa shape index (κ3) is 4.35. The zero-order chi connectivity index (χ0) is 21.6. The van der Waals surface area contributed by atoms with E-state index in [9.17, 15) is 14.4 Å². The highest BCUT2D eigenvalue weighted by atomic mass is 16.2. The molecule has 31 heavy (non-hydrogen) atoms. The molecule has 1 saturated heterocycles. The summed E-state index contributed by atoms with van der Waals surface area (Å²) < 4.78 is 0. The van der Waals surface area contributed by atoms with Crippen molar-refractivity contribution in [2.24, 2.45) is 29.1 Å². The Hall–Kier alpha value is -2.37. The summed E-state index contributed by atoms with van der Waals surface area (Å²) in [4.78, 5) is 39.3. The average Bonchev–Trinajstić information content (AvgIpc) is 3.07. The maximum Gasteiger partial charge on any atom is 0.243 e. The molecule has 166 valence electrons. The number of hydrogen-bond donors (Lipinski definition) is 2. The van der Waals surface area contributed by atoms with Crippen LogP contribution in [0.3, 0.4) is 0 Å². The minimum absolute atomic E-state index is 0.0133. The van der Waals surface area contributed by atoms with Crippen LogP contribution in [0.5, 0.6) is 0 Å². The molecule has 0 spiro atoms. The normalized spacial score (nSPS) is 33.6. The molecule has 1 aromatic carbocycles. The van der Waals surface area contributed by atoms with Crippen molar-refractivity contribution in [1.29, 1.82) is 0 Å². The Morgan fingerprint density at radius 1 is 1.00 bits per heavy atom. The lowest BCUT2D eigenvalue weighted by atomic mass is 9.49. The molecular formula is C25H33N3O3. The number of carbonyl (C=O) groups excluding carboxylic acids is 3. The van der Waals surface area contributed by atoms with Gasteiger partial charge in [0.15, 0.2) is 0 Å². The van der Waals surface area contributed by atoms with Crippen molar-refractivity contribution in [2.45, 2.75) is 64.8 Å². The number of nitrogens with zero attached hydrogens (tertiary/aromatic N) is 1. The van der Waals surface area contributed by atoms with Crippen LogP contribution in [0.2, 0.25) is 0 Å². The summed E-state index contributed by atoms with van der Waals surface area (Å²) in [5.74, 6) is 1.63. The number of hydrazine groups is 1. The lowest BCUT2D eigenvalue weighted by molar-refractivity contribution is -0.135. The van der Waals surface area contributed by atoms with Gasteiger partial charge in [-0.25, -0.2) is 0 Å². The van der Waals surface area contributed by atoms with Gasteiger partial charge in [0.2, 0.25) is 17.7 Å². The summed E-state index contributed by atoms with van der Waals surface area (Å²) >= 11 is 0. The zero-order valence-electron chi connectivity index (χ0n) is 18.4. The third-order valence-electron chi connectivity index (χ3n) is 8.11. The van der Waals surface area contributed by atoms with Crippen LogP contribution >= 0.6 is 0 Å². The number of benzene rings is 1. The minimum Gasteiger partial charge on any atom is -0.338 e. The maximum absolute atomic E-state index is 12.6. The van der Waals surface area contributed by atoms with E-state index in [1.165, 1.54) is 44.1 Å². The molecule has 6 rings (SSSR count). The highest BCUT2D eigenvalue weighted by Crippen LogP contribution is 2.61. The van der Waals surface area contributed by atoms with E-state index in [1.807, 2.05) is 31.2 Å². The molecule has 1 atom stereocenters. The van der Waals surface area contributed by atoms with Gasteiger partial charge in [0, 0.05) is 25.9 Å². The van der Waals surface area contributed by atoms with E-state index >= 15 is 0 Å². The standard InChI is InChI=1S/C25H33N3O3/c1-16-2-4-17(5-3-16)14-28-15-21(9-23(28)30)24(31)27-26-22(29)13-25-10-18-6-19(11-25)8-20(7-18)12-25/h2-5,18-21H,6-15H2,1H3,(H,26,29)(H,27,31). The second-order valence-corrected chi connectivity index (χ2v) is 10.8. The molecule has 0 aromatic heterocycles. The molecule has 4 bridgehead atoms. The summed E-state index contributed by atoms with van der Waals surface area (Å²) in [5, 5.41) is 0. The van der Waals surface area contributed by atoms with Crippen molar-refractivity contribution in [3.8, 4) is 0 Å². The number of likely N-dealkylation sites (tertiary alicyclic amines) is 1. The molecule has 0 radical (unpaired) electrons. The Kier molecular flexibility index (Phi) is 5.27. The lowest BCUT2D eigenvalue weighted by Gasteiger charge is -2.56. The van der Waals surface area contributed by atoms with Gasteiger partial charge in [0.1, 0.15) is 0 Å². The van der Waals surface area contributed by atoms with Crippen molar-refractivity contribution < 1.29 is 14.4 Å². The maximum atomic E-state index is 12.6. The van der Waals surface area contributed by atoms with Crippen molar-refractivity contribution in [3.05, 3.63) is 35.4 Å². The minimum atomic E-state index is -0.419. The summed E-state index contributed by atoms with van der Waals surface area (Å²) in [7, 11) is 0. The van der Waals surface area contributed by atoms with Gasteiger partial charge in [-0.05, 0) is 74.2 Å². The first-order valence-corrected chi connectivity index (χ1v) is 11.8. The van der Waals surface area contributed by atoms with Crippen LogP contribution in [0, 0.1) is 36.0 Å². The van der Waals surface area contributed by atoms with E-state index in [-0.39, 0.29) is 29.6 Å². The molecule has 1 heterocycles. The molecule has 2 N–H and O–H groups in total. The molecule has 5 fully saturated rings. The first kappa shape index (κ1) is 20.5. The largest absolute Gasteiger partial charge is 0.338 e. The molecule has 6 nitrogen and oxygen atoms in total. The van der Waals surface area contributed by atoms with Crippen LogP contribution in [-0.4, -0.2) is 29.2 Å². The predicted molar refractivity (Wildman–Crippen MR) is 116 cm³/mol. The molecule has 1 aromatic rings. The topological polar surface area (TPSA) is 78.5 Å². The number of amides is 3. The zero-order valence-corrected chi connectivity index (χ0v) is 18.4. The molecule has 5 aliphatic rings. The van der Waals surface area contributed by atoms with Crippen LogP contribution in [0.25, 0.3) is 0 Å². The van der Waals surface area contributed by atoms with E-state index in [2.05, 4.69) is 10.9 Å². The summed E-state index contributed by atoms with van der Waals surface area (Å²) in [6.45, 7) is 2.94. The Morgan fingerprint density at radius 3 is 2.23 bits per heavy atom. The first-order valence-electron chi connectivity index (χ1n) is 11.8. The quantitative estimate of drug-likeness (QED) is 0.715. The molecular weight excluding hydrogens is 390 g/mol. The van der Waals surface area contributed by atoms with E-state index < -0.39 is 5.92 Å². The molecule has 4 saturated carbocycles. The number of nitrogens with one attached hydrogen (secondary N) is 2.